The maximum atomic E-state index is 10.4. The van der Waals surface area contributed by atoms with Crippen LogP contribution in [0.15, 0.2) is 36.4 Å². The second-order valence-electron chi connectivity index (χ2n) is 9.62. The molecule has 0 bridgehead atoms. The number of aryl methyl sites for hydroxylation is 3. The molecule has 2 aromatic carbocycles. The van der Waals surface area contributed by atoms with Crippen LogP contribution < -0.4 is 0 Å². The van der Waals surface area contributed by atoms with E-state index in [2.05, 4.69) is 92.7 Å². The van der Waals surface area contributed by atoms with Crippen molar-refractivity contribution >= 4 is 0 Å². The molecule has 1 unspecified atom stereocenters. The molecule has 3 heteroatoms. The first-order valence-corrected chi connectivity index (χ1v) is 12.7. The fourth-order valence-corrected chi connectivity index (χ4v) is 5.00. The Balaban J connectivity index is 1.60. The van der Waals surface area contributed by atoms with E-state index in [-0.39, 0.29) is 0 Å². The molecule has 1 heterocycles. The Morgan fingerprint density at radius 1 is 1.06 bits per heavy atom. The fraction of sp³-hybridized carbons (Fsp3) is 0.533. The summed E-state index contributed by atoms with van der Waals surface area (Å²) in [5, 5.41) is 10.4. The predicted octanol–water partition coefficient (Wildman–Crippen LogP) is 5.26. The number of piperidine rings is 1. The molecule has 1 saturated heterocycles. The monoisotopic (exact) mass is 446 g/mol. The topological polar surface area (TPSA) is 26.7 Å². The SMILES string of the molecule is CCN(CC)C1CCN(Cc2cc(C#CC(O)CCc3cccc(C)c3)cc(C)c2C)CC1. The van der Waals surface area contributed by atoms with E-state index in [1.807, 2.05) is 0 Å². The van der Waals surface area contributed by atoms with Gasteiger partial charge in [0.15, 0.2) is 0 Å². The molecule has 0 amide bonds. The summed E-state index contributed by atoms with van der Waals surface area (Å²) in [5.41, 5.74) is 7.55. The lowest BCUT2D eigenvalue weighted by atomic mass is 9.97. The Bertz CT molecular complexity index is 959. The lowest BCUT2D eigenvalue weighted by molar-refractivity contribution is 0.112. The van der Waals surface area contributed by atoms with Crippen LogP contribution in [0.2, 0.25) is 0 Å². The number of hydrogen-bond donors (Lipinski definition) is 1. The van der Waals surface area contributed by atoms with Crippen molar-refractivity contribution in [2.24, 2.45) is 0 Å². The first-order chi connectivity index (χ1) is 15.9. The Morgan fingerprint density at radius 2 is 1.79 bits per heavy atom. The van der Waals surface area contributed by atoms with Gasteiger partial charge in [-0.25, -0.2) is 0 Å². The zero-order valence-electron chi connectivity index (χ0n) is 21.3. The quantitative estimate of drug-likeness (QED) is 0.560. The highest BCUT2D eigenvalue weighted by molar-refractivity contribution is 5.45. The largest absolute Gasteiger partial charge is 0.380 e. The van der Waals surface area contributed by atoms with Crippen molar-refractivity contribution < 1.29 is 5.11 Å². The average Bonchev–Trinajstić information content (AvgIpc) is 2.81. The van der Waals surface area contributed by atoms with Gasteiger partial charge in [-0.1, -0.05) is 55.5 Å². The molecule has 1 aliphatic rings. The maximum absolute atomic E-state index is 10.4. The molecule has 3 rings (SSSR count). The van der Waals surface area contributed by atoms with Crippen LogP contribution in [0.3, 0.4) is 0 Å². The van der Waals surface area contributed by atoms with Crippen molar-refractivity contribution in [3.05, 3.63) is 69.8 Å². The number of rotatable bonds is 8. The summed E-state index contributed by atoms with van der Waals surface area (Å²) in [6, 6.07) is 13.6. The number of hydrogen-bond acceptors (Lipinski definition) is 3. The normalized spacial score (nSPS) is 16.0. The van der Waals surface area contributed by atoms with Gasteiger partial charge in [0.05, 0.1) is 0 Å². The molecule has 0 saturated carbocycles. The third-order valence-electron chi connectivity index (χ3n) is 7.23. The van der Waals surface area contributed by atoms with E-state index in [0.29, 0.717) is 6.42 Å². The van der Waals surface area contributed by atoms with Gasteiger partial charge in [-0.2, -0.15) is 0 Å². The van der Waals surface area contributed by atoms with Crippen molar-refractivity contribution in [1.82, 2.24) is 9.80 Å². The Kier molecular flexibility index (Phi) is 9.56. The van der Waals surface area contributed by atoms with Crippen molar-refractivity contribution in [2.45, 2.75) is 79.0 Å². The first kappa shape index (κ1) is 25.5. The zero-order chi connectivity index (χ0) is 23.8. The summed E-state index contributed by atoms with van der Waals surface area (Å²) in [6.07, 6.45) is 3.42. The van der Waals surface area contributed by atoms with Gasteiger partial charge in [-0.05, 0) is 107 Å². The van der Waals surface area contributed by atoms with Gasteiger partial charge in [0.25, 0.3) is 0 Å². The summed E-state index contributed by atoms with van der Waals surface area (Å²) in [4.78, 5) is 5.20. The molecule has 0 spiro atoms. The number of aliphatic hydroxyl groups excluding tert-OH is 1. The van der Waals surface area contributed by atoms with Gasteiger partial charge in [0, 0.05) is 18.2 Å². The summed E-state index contributed by atoms with van der Waals surface area (Å²) in [7, 11) is 0. The molecule has 0 aliphatic carbocycles. The molecule has 1 atom stereocenters. The molecule has 1 N–H and O–H groups in total. The lowest BCUT2D eigenvalue weighted by Crippen LogP contribution is -2.44. The minimum atomic E-state index is -0.602. The van der Waals surface area contributed by atoms with E-state index in [1.165, 1.54) is 40.7 Å². The van der Waals surface area contributed by atoms with E-state index < -0.39 is 6.10 Å². The highest BCUT2D eigenvalue weighted by atomic mass is 16.3. The zero-order valence-corrected chi connectivity index (χ0v) is 21.3. The van der Waals surface area contributed by atoms with E-state index in [9.17, 15) is 5.11 Å². The maximum Gasteiger partial charge on any atom is 0.115 e. The smallest absolute Gasteiger partial charge is 0.115 e. The van der Waals surface area contributed by atoms with E-state index in [4.69, 9.17) is 0 Å². The van der Waals surface area contributed by atoms with Gasteiger partial charge in [0.2, 0.25) is 0 Å². The molecule has 3 nitrogen and oxygen atoms in total. The van der Waals surface area contributed by atoms with Crippen molar-refractivity contribution in [2.75, 3.05) is 26.2 Å². The fourth-order valence-electron chi connectivity index (χ4n) is 5.00. The third kappa shape index (κ3) is 7.44. The number of nitrogens with zero attached hydrogens (tertiary/aromatic N) is 2. The summed E-state index contributed by atoms with van der Waals surface area (Å²) in [5.74, 6) is 6.33. The molecule has 178 valence electrons. The Hall–Kier alpha value is -2.12. The van der Waals surface area contributed by atoms with Crippen molar-refractivity contribution in [1.29, 1.82) is 0 Å². The van der Waals surface area contributed by atoms with Crippen LogP contribution in [-0.2, 0) is 13.0 Å². The summed E-state index contributed by atoms with van der Waals surface area (Å²) in [6.45, 7) is 16.6. The van der Waals surface area contributed by atoms with Crippen molar-refractivity contribution in [3.8, 4) is 11.8 Å². The van der Waals surface area contributed by atoms with Crippen LogP contribution in [-0.4, -0.2) is 53.2 Å². The Morgan fingerprint density at radius 3 is 2.45 bits per heavy atom. The van der Waals surface area contributed by atoms with Crippen LogP contribution in [0, 0.1) is 32.6 Å². The number of benzene rings is 2. The number of aliphatic hydroxyl groups is 1. The van der Waals surface area contributed by atoms with Crippen LogP contribution in [0.25, 0.3) is 0 Å². The Labute approximate surface area is 201 Å². The van der Waals surface area contributed by atoms with Crippen LogP contribution >= 0.6 is 0 Å². The molecule has 2 aromatic rings. The minimum Gasteiger partial charge on any atom is -0.380 e. The van der Waals surface area contributed by atoms with E-state index in [1.54, 1.807) is 0 Å². The molecule has 1 aliphatic heterocycles. The van der Waals surface area contributed by atoms with Gasteiger partial charge >= 0.3 is 0 Å². The minimum absolute atomic E-state index is 0.602. The van der Waals surface area contributed by atoms with Crippen LogP contribution in [0.1, 0.15) is 66.5 Å². The number of likely N-dealkylation sites (tertiary alicyclic amines) is 1. The van der Waals surface area contributed by atoms with Crippen LogP contribution in [0.4, 0.5) is 0 Å². The standard InChI is InChI=1S/C30H42N2O/c1-6-32(7-2)29-15-17-31(18-16-29)22-28-21-27(20-24(4)25(28)5)12-14-30(33)13-11-26-10-8-9-23(3)19-26/h8-10,19-21,29-30,33H,6-7,11,13,15-18,22H2,1-5H3. The average molecular weight is 447 g/mol. The van der Waals surface area contributed by atoms with E-state index >= 15 is 0 Å². The molecule has 0 radical (unpaired) electrons. The molecule has 1 fully saturated rings. The molecular formula is C30H42N2O. The second-order valence-corrected chi connectivity index (χ2v) is 9.62. The lowest BCUT2D eigenvalue weighted by Gasteiger charge is -2.38. The van der Waals surface area contributed by atoms with E-state index in [0.717, 1.165) is 50.7 Å². The van der Waals surface area contributed by atoms with Gasteiger partial charge < -0.3 is 10.0 Å². The van der Waals surface area contributed by atoms with Gasteiger partial charge in [-0.3, -0.25) is 4.90 Å². The van der Waals surface area contributed by atoms with Crippen molar-refractivity contribution in [3.63, 3.8) is 0 Å². The molecular weight excluding hydrogens is 404 g/mol. The van der Waals surface area contributed by atoms with Gasteiger partial charge in [-0.15, -0.1) is 0 Å². The molecule has 0 aromatic heterocycles. The summed E-state index contributed by atoms with van der Waals surface area (Å²) < 4.78 is 0. The summed E-state index contributed by atoms with van der Waals surface area (Å²) >= 11 is 0. The highest BCUT2D eigenvalue weighted by Crippen LogP contribution is 2.22. The van der Waals surface area contributed by atoms with Crippen LogP contribution in [0.5, 0.6) is 0 Å². The third-order valence-corrected chi connectivity index (χ3v) is 7.23. The first-order valence-electron chi connectivity index (χ1n) is 12.7. The predicted molar refractivity (Wildman–Crippen MR) is 140 cm³/mol. The molecule has 33 heavy (non-hydrogen) atoms. The van der Waals surface area contributed by atoms with Gasteiger partial charge in [0.1, 0.15) is 6.10 Å². The highest BCUT2D eigenvalue weighted by Gasteiger charge is 2.23. The second kappa shape index (κ2) is 12.4.